The number of aromatic nitrogens is 2. The molecule has 3 rings (SSSR count). The summed E-state index contributed by atoms with van der Waals surface area (Å²) < 4.78 is 5.30. The van der Waals surface area contributed by atoms with Crippen molar-refractivity contribution in [3.8, 4) is 0 Å². The highest BCUT2D eigenvalue weighted by Crippen LogP contribution is 2.39. The number of esters is 1. The van der Waals surface area contributed by atoms with Crippen LogP contribution in [0, 0.1) is 6.92 Å². The normalized spacial score (nSPS) is 11.2. The number of carbonyl (C=O) groups is 1. The smallest absolute Gasteiger partial charge is 0.348 e. The van der Waals surface area contributed by atoms with Crippen molar-refractivity contribution in [1.82, 2.24) is 9.97 Å². The topological polar surface area (TPSA) is 64.1 Å². The van der Waals surface area contributed by atoms with Gasteiger partial charge in [-0.1, -0.05) is 34.8 Å². The first-order valence-corrected chi connectivity index (χ1v) is 9.59. The number of thiophene rings is 1. The third kappa shape index (κ3) is 3.74. The lowest BCUT2D eigenvalue weighted by Gasteiger charge is -2.11. The van der Waals surface area contributed by atoms with Gasteiger partial charge in [-0.15, -0.1) is 11.3 Å². The summed E-state index contributed by atoms with van der Waals surface area (Å²) in [6.07, 6.45) is 1.21. The second kappa shape index (κ2) is 7.56. The van der Waals surface area contributed by atoms with E-state index < -0.39 is 0 Å². The molecular formula is C17H14Cl3N3O2S. The van der Waals surface area contributed by atoms with Crippen LogP contribution in [0.2, 0.25) is 15.1 Å². The molecule has 1 aromatic carbocycles. The quantitative estimate of drug-likeness (QED) is 0.494. The van der Waals surface area contributed by atoms with E-state index in [0.29, 0.717) is 36.3 Å². The first kappa shape index (κ1) is 19.2. The zero-order chi connectivity index (χ0) is 19.0. The Labute approximate surface area is 169 Å². The molecule has 0 atom stereocenters. The largest absolute Gasteiger partial charge is 0.459 e. The number of hydrogen-bond acceptors (Lipinski definition) is 6. The molecule has 0 fully saturated rings. The number of nitrogens with one attached hydrogen (secondary N) is 1. The third-order valence-corrected chi connectivity index (χ3v) is 5.50. The number of rotatable bonds is 4. The number of anilines is 2. The summed E-state index contributed by atoms with van der Waals surface area (Å²) in [5.74, 6) is 0.118. The molecule has 0 spiro atoms. The van der Waals surface area contributed by atoms with Gasteiger partial charge in [-0.05, 0) is 38.5 Å². The molecule has 0 aliphatic carbocycles. The van der Waals surface area contributed by atoms with Crippen LogP contribution in [-0.4, -0.2) is 22.0 Å². The van der Waals surface area contributed by atoms with E-state index in [1.165, 1.54) is 17.7 Å². The molecule has 5 nitrogen and oxygen atoms in total. The first-order chi connectivity index (χ1) is 12.3. The minimum absolute atomic E-state index is 0.206. The van der Waals surface area contributed by atoms with Crippen LogP contribution in [0.4, 0.5) is 11.5 Å². The van der Waals surface area contributed by atoms with Crippen molar-refractivity contribution in [2.75, 3.05) is 5.32 Å². The summed E-state index contributed by atoms with van der Waals surface area (Å²) in [7, 11) is 0. The second-order valence-corrected chi connectivity index (χ2v) is 8.03. The molecule has 0 saturated heterocycles. The fourth-order valence-corrected chi connectivity index (χ4v) is 4.35. The third-order valence-electron chi connectivity index (χ3n) is 3.51. The van der Waals surface area contributed by atoms with Crippen LogP contribution in [-0.2, 0) is 4.74 Å². The Kier molecular flexibility index (Phi) is 5.58. The zero-order valence-corrected chi connectivity index (χ0v) is 17.1. The predicted molar refractivity (Wildman–Crippen MR) is 107 cm³/mol. The van der Waals surface area contributed by atoms with E-state index in [4.69, 9.17) is 39.5 Å². The molecule has 26 heavy (non-hydrogen) atoms. The van der Waals surface area contributed by atoms with Gasteiger partial charge in [0.05, 0.1) is 27.2 Å². The fraction of sp³-hybridized carbons (Fsp3) is 0.235. The van der Waals surface area contributed by atoms with Gasteiger partial charge < -0.3 is 10.1 Å². The van der Waals surface area contributed by atoms with Gasteiger partial charge in [0, 0.05) is 5.02 Å². The minimum atomic E-state index is -0.381. The van der Waals surface area contributed by atoms with Crippen molar-refractivity contribution >= 4 is 73.8 Å². The number of halogens is 3. The van der Waals surface area contributed by atoms with Crippen molar-refractivity contribution in [2.45, 2.75) is 26.9 Å². The Balaban J connectivity index is 2.08. The van der Waals surface area contributed by atoms with Gasteiger partial charge >= 0.3 is 5.97 Å². The van der Waals surface area contributed by atoms with E-state index in [0.717, 1.165) is 10.9 Å². The van der Waals surface area contributed by atoms with Crippen LogP contribution in [0.1, 0.15) is 29.1 Å². The molecule has 2 aromatic heterocycles. The highest BCUT2D eigenvalue weighted by Gasteiger charge is 2.22. The van der Waals surface area contributed by atoms with E-state index in [2.05, 4.69) is 15.3 Å². The maximum Gasteiger partial charge on any atom is 0.348 e. The van der Waals surface area contributed by atoms with Crippen LogP contribution in [0.15, 0.2) is 18.5 Å². The molecule has 9 heteroatoms. The van der Waals surface area contributed by atoms with Crippen LogP contribution in [0.5, 0.6) is 0 Å². The molecule has 1 N–H and O–H groups in total. The summed E-state index contributed by atoms with van der Waals surface area (Å²) in [5.41, 5.74) is 1.22. The predicted octanol–water partition coefficient (Wildman–Crippen LogP) is 6.27. The summed E-state index contributed by atoms with van der Waals surface area (Å²) in [4.78, 5) is 22.0. The molecule has 0 aliphatic heterocycles. The molecule has 2 heterocycles. The summed E-state index contributed by atoms with van der Waals surface area (Å²) in [5, 5.41) is 5.00. The Morgan fingerprint density at radius 1 is 1.19 bits per heavy atom. The highest BCUT2D eigenvalue weighted by atomic mass is 35.5. The molecular weight excluding hydrogens is 417 g/mol. The van der Waals surface area contributed by atoms with E-state index in [1.54, 1.807) is 26.0 Å². The lowest BCUT2D eigenvalue weighted by Crippen LogP contribution is -2.11. The van der Waals surface area contributed by atoms with Crippen molar-refractivity contribution < 1.29 is 9.53 Å². The molecule has 3 aromatic rings. The standard InChI is InChI=1S/C17H14Cl3N3O2S/c1-7(2)25-17(24)14-8(3)12-15(21-6-22-16(12)26-14)23-13-10(19)4-9(18)5-11(13)20/h4-7H,1-3H3,(H,21,22,23). The maximum atomic E-state index is 12.3. The maximum absolute atomic E-state index is 12.3. The molecule has 0 unspecified atom stereocenters. The molecule has 0 bridgehead atoms. The second-order valence-electron chi connectivity index (χ2n) is 5.78. The van der Waals surface area contributed by atoms with Crippen molar-refractivity contribution in [1.29, 1.82) is 0 Å². The summed E-state index contributed by atoms with van der Waals surface area (Å²) >= 11 is 19.7. The fourth-order valence-electron chi connectivity index (χ4n) is 2.41. The number of benzene rings is 1. The van der Waals surface area contributed by atoms with Crippen LogP contribution < -0.4 is 5.32 Å². The summed E-state index contributed by atoms with van der Waals surface area (Å²) in [6.45, 7) is 5.44. The number of nitrogens with zero attached hydrogens (tertiary/aromatic N) is 2. The Hall–Kier alpha value is -1.60. The van der Waals surface area contributed by atoms with Gasteiger partial charge in [0.15, 0.2) is 0 Å². The summed E-state index contributed by atoms with van der Waals surface area (Å²) in [6, 6.07) is 3.17. The average Bonchev–Trinajstić information content (AvgIpc) is 2.88. The van der Waals surface area contributed by atoms with Gasteiger partial charge in [-0.3, -0.25) is 0 Å². The van der Waals surface area contributed by atoms with Crippen molar-refractivity contribution in [3.63, 3.8) is 0 Å². The van der Waals surface area contributed by atoms with E-state index in [-0.39, 0.29) is 12.1 Å². The lowest BCUT2D eigenvalue weighted by molar-refractivity contribution is 0.0383. The van der Waals surface area contributed by atoms with E-state index in [1.807, 2.05) is 6.92 Å². The van der Waals surface area contributed by atoms with Gasteiger partial charge in [0.1, 0.15) is 21.9 Å². The molecule has 0 amide bonds. The monoisotopic (exact) mass is 429 g/mol. The minimum Gasteiger partial charge on any atom is -0.459 e. The number of hydrogen-bond donors (Lipinski definition) is 1. The number of ether oxygens (including phenoxy) is 1. The van der Waals surface area contributed by atoms with E-state index >= 15 is 0 Å². The zero-order valence-electron chi connectivity index (χ0n) is 14.1. The lowest BCUT2D eigenvalue weighted by atomic mass is 10.2. The highest BCUT2D eigenvalue weighted by molar-refractivity contribution is 7.20. The van der Waals surface area contributed by atoms with E-state index in [9.17, 15) is 4.79 Å². The van der Waals surface area contributed by atoms with Crippen LogP contribution in [0.3, 0.4) is 0 Å². The Morgan fingerprint density at radius 3 is 2.46 bits per heavy atom. The SMILES string of the molecule is Cc1c(C(=O)OC(C)C)sc2ncnc(Nc3c(Cl)cc(Cl)cc3Cl)c12. The van der Waals surface area contributed by atoms with Gasteiger partial charge in [-0.2, -0.15) is 0 Å². The van der Waals surface area contributed by atoms with Crippen LogP contribution in [0.25, 0.3) is 10.2 Å². The van der Waals surface area contributed by atoms with Gasteiger partial charge in [-0.25, -0.2) is 14.8 Å². The number of aryl methyl sites for hydroxylation is 1. The Morgan fingerprint density at radius 2 is 1.85 bits per heavy atom. The molecule has 0 saturated carbocycles. The van der Waals surface area contributed by atoms with Gasteiger partial charge in [0.2, 0.25) is 0 Å². The number of fused-ring (bicyclic) bond motifs is 1. The van der Waals surface area contributed by atoms with Crippen LogP contribution >= 0.6 is 46.1 Å². The molecule has 0 radical (unpaired) electrons. The number of carbonyl (C=O) groups excluding carboxylic acids is 1. The van der Waals surface area contributed by atoms with Crippen molar-refractivity contribution in [2.24, 2.45) is 0 Å². The van der Waals surface area contributed by atoms with Gasteiger partial charge in [0.25, 0.3) is 0 Å². The van der Waals surface area contributed by atoms with Crippen molar-refractivity contribution in [3.05, 3.63) is 44.0 Å². The molecule has 0 aliphatic rings. The average molecular weight is 431 g/mol. The molecule has 136 valence electrons. The Bertz CT molecular complexity index is 981. The first-order valence-electron chi connectivity index (χ1n) is 7.64.